The molecule has 36 heavy (non-hydrogen) atoms. The van der Waals surface area contributed by atoms with Gasteiger partial charge < -0.3 is 23.9 Å². The molecule has 0 bridgehead atoms. The van der Waals surface area contributed by atoms with Crippen molar-refractivity contribution < 1.29 is 23.9 Å². The van der Waals surface area contributed by atoms with Crippen LogP contribution in [0.15, 0.2) is 60.9 Å². The number of nitro groups is 1. The molecule has 0 radical (unpaired) electrons. The summed E-state index contributed by atoms with van der Waals surface area (Å²) in [5, 5.41) is 14.3. The summed E-state index contributed by atoms with van der Waals surface area (Å²) in [6.45, 7) is 2.47. The number of fused-ring (bicyclic) bond motifs is 1. The zero-order valence-electron chi connectivity index (χ0n) is 20.2. The standard InChI is InChI=1S/C26H26N4O6/c1-17-7-8-25-28-20(15-29(25)14-17)16-36-21-6-4-5-19(11-21)26(31)27-10-9-18-12-23(34-2)24(35-3)13-22(18)30(32)33/h4-8,11-15H,9-10,16H2,1-3H3,(H,27,31). The quantitative estimate of drug-likeness (QED) is 0.262. The lowest BCUT2D eigenvalue weighted by atomic mass is 10.1. The van der Waals surface area contributed by atoms with Gasteiger partial charge in [0.25, 0.3) is 11.6 Å². The fraction of sp³-hybridized carbons (Fsp3) is 0.231. The van der Waals surface area contributed by atoms with Crippen LogP contribution in [0.3, 0.4) is 0 Å². The number of nitrogens with zero attached hydrogens (tertiary/aromatic N) is 3. The second kappa shape index (κ2) is 10.8. The summed E-state index contributed by atoms with van der Waals surface area (Å²) in [6, 6.07) is 13.6. The van der Waals surface area contributed by atoms with Crippen LogP contribution in [0, 0.1) is 17.0 Å². The van der Waals surface area contributed by atoms with E-state index in [1.165, 1.54) is 20.3 Å². The van der Waals surface area contributed by atoms with Gasteiger partial charge in [-0.15, -0.1) is 0 Å². The number of imidazole rings is 1. The highest BCUT2D eigenvalue weighted by Crippen LogP contribution is 2.34. The molecule has 0 aliphatic heterocycles. The molecule has 0 unspecified atom stereocenters. The maximum absolute atomic E-state index is 12.7. The van der Waals surface area contributed by atoms with E-state index in [4.69, 9.17) is 14.2 Å². The number of benzene rings is 2. The van der Waals surface area contributed by atoms with E-state index in [-0.39, 0.29) is 36.9 Å². The number of amides is 1. The maximum Gasteiger partial charge on any atom is 0.276 e. The molecule has 4 aromatic rings. The van der Waals surface area contributed by atoms with Crippen molar-refractivity contribution in [1.82, 2.24) is 14.7 Å². The summed E-state index contributed by atoms with van der Waals surface area (Å²) in [5.41, 5.74) is 3.48. The number of aryl methyl sites for hydroxylation is 1. The minimum atomic E-state index is -0.482. The van der Waals surface area contributed by atoms with Crippen LogP contribution in [0.2, 0.25) is 0 Å². The molecule has 0 aliphatic carbocycles. The number of methoxy groups -OCH3 is 2. The third-order valence-corrected chi connectivity index (χ3v) is 5.59. The normalized spacial score (nSPS) is 10.8. The molecule has 0 spiro atoms. The number of hydrogen-bond acceptors (Lipinski definition) is 7. The van der Waals surface area contributed by atoms with E-state index in [1.54, 1.807) is 30.3 Å². The number of hydrogen-bond donors (Lipinski definition) is 1. The Hall–Kier alpha value is -4.60. The molecule has 1 N–H and O–H groups in total. The molecule has 186 valence electrons. The Morgan fingerprint density at radius 1 is 1.08 bits per heavy atom. The van der Waals surface area contributed by atoms with Gasteiger partial charge in [0.2, 0.25) is 0 Å². The topological polar surface area (TPSA) is 117 Å². The van der Waals surface area contributed by atoms with E-state index in [9.17, 15) is 14.9 Å². The molecule has 2 heterocycles. The minimum absolute atomic E-state index is 0.0978. The molecular formula is C26H26N4O6. The van der Waals surface area contributed by atoms with Gasteiger partial charge in [0, 0.05) is 30.1 Å². The van der Waals surface area contributed by atoms with Crippen LogP contribution in [0.5, 0.6) is 17.2 Å². The zero-order chi connectivity index (χ0) is 25.7. The molecule has 0 aliphatic rings. The number of carbonyl (C=O) groups excluding carboxylic acids is 1. The van der Waals surface area contributed by atoms with Crippen LogP contribution < -0.4 is 19.5 Å². The first-order chi connectivity index (χ1) is 17.4. The number of aromatic nitrogens is 2. The van der Waals surface area contributed by atoms with Crippen molar-refractivity contribution in [3.8, 4) is 17.2 Å². The number of rotatable bonds is 10. The molecule has 0 saturated carbocycles. The Kier molecular flexibility index (Phi) is 7.33. The van der Waals surface area contributed by atoms with E-state index in [2.05, 4.69) is 10.3 Å². The van der Waals surface area contributed by atoms with Gasteiger partial charge in [-0.3, -0.25) is 14.9 Å². The summed E-state index contributed by atoms with van der Waals surface area (Å²) < 4.78 is 18.2. The highest BCUT2D eigenvalue weighted by atomic mass is 16.6. The van der Waals surface area contributed by atoms with Gasteiger partial charge in [0.15, 0.2) is 11.5 Å². The van der Waals surface area contributed by atoms with Crippen molar-refractivity contribution in [1.29, 1.82) is 0 Å². The summed E-state index contributed by atoms with van der Waals surface area (Å²) in [5.74, 6) is 0.876. The second-order valence-corrected chi connectivity index (χ2v) is 8.12. The van der Waals surface area contributed by atoms with Crippen LogP contribution in [0.4, 0.5) is 5.69 Å². The number of ether oxygens (including phenoxy) is 3. The summed E-state index contributed by atoms with van der Waals surface area (Å²) in [4.78, 5) is 28.2. The monoisotopic (exact) mass is 490 g/mol. The van der Waals surface area contributed by atoms with E-state index >= 15 is 0 Å². The Bertz CT molecular complexity index is 1420. The SMILES string of the molecule is COc1cc(CCNC(=O)c2cccc(OCc3cn4cc(C)ccc4n3)c2)c([N+](=O)[O-])cc1OC. The fourth-order valence-electron chi connectivity index (χ4n) is 3.80. The lowest BCUT2D eigenvalue weighted by molar-refractivity contribution is -0.385. The molecular weight excluding hydrogens is 464 g/mol. The second-order valence-electron chi connectivity index (χ2n) is 8.12. The van der Waals surface area contributed by atoms with Gasteiger partial charge in [-0.2, -0.15) is 0 Å². The lowest BCUT2D eigenvalue weighted by Gasteiger charge is -2.11. The van der Waals surface area contributed by atoms with Gasteiger partial charge >= 0.3 is 0 Å². The van der Waals surface area contributed by atoms with Crippen molar-refractivity contribution in [2.24, 2.45) is 0 Å². The molecule has 10 heteroatoms. The Morgan fingerprint density at radius 2 is 1.86 bits per heavy atom. The van der Waals surface area contributed by atoms with Gasteiger partial charge in [-0.1, -0.05) is 12.1 Å². The highest BCUT2D eigenvalue weighted by Gasteiger charge is 2.19. The summed E-state index contributed by atoms with van der Waals surface area (Å²) >= 11 is 0. The minimum Gasteiger partial charge on any atom is -0.493 e. The van der Waals surface area contributed by atoms with Crippen LogP contribution in [0.1, 0.15) is 27.2 Å². The Labute approximate surface area is 207 Å². The largest absolute Gasteiger partial charge is 0.493 e. The number of nitro benzene ring substituents is 1. The molecule has 0 saturated heterocycles. The molecule has 0 fully saturated rings. The van der Waals surface area contributed by atoms with Gasteiger partial charge in [0.1, 0.15) is 18.0 Å². The first-order valence-corrected chi connectivity index (χ1v) is 11.2. The van der Waals surface area contributed by atoms with Crippen LogP contribution >= 0.6 is 0 Å². The van der Waals surface area contributed by atoms with Gasteiger partial charge in [0.05, 0.1) is 30.9 Å². The number of pyridine rings is 1. The maximum atomic E-state index is 12.7. The van der Waals surface area contributed by atoms with Crippen molar-refractivity contribution >= 4 is 17.2 Å². The first-order valence-electron chi connectivity index (χ1n) is 11.2. The highest BCUT2D eigenvalue weighted by molar-refractivity contribution is 5.94. The van der Waals surface area contributed by atoms with Crippen molar-refractivity contribution in [2.45, 2.75) is 20.0 Å². The predicted molar refractivity (Wildman–Crippen MR) is 133 cm³/mol. The average molecular weight is 491 g/mol. The fourth-order valence-corrected chi connectivity index (χ4v) is 3.80. The predicted octanol–water partition coefficient (Wildman–Crippen LogP) is 4.12. The molecule has 4 rings (SSSR count). The van der Waals surface area contributed by atoms with Gasteiger partial charge in [-0.25, -0.2) is 4.98 Å². The van der Waals surface area contributed by atoms with E-state index in [1.807, 2.05) is 35.9 Å². The summed E-state index contributed by atoms with van der Waals surface area (Å²) in [6.07, 6.45) is 4.14. The third kappa shape index (κ3) is 5.54. The van der Waals surface area contributed by atoms with Crippen LogP contribution in [-0.4, -0.2) is 41.0 Å². The van der Waals surface area contributed by atoms with Crippen molar-refractivity contribution in [3.63, 3.8) is 0 Å². The lowest BCUT2D eigenvalue weighted by Crippen LogP contribution is -2.25. The van der Waals surface area contributed by atoms with Gasteiger partial charge in [-0.05, 0) is 49.2 Å². The van der Waals surface area contributed by atoms with E-state index < -0.39 is 4.92 Å². The average Bonchev–Trinajstić information content (AvgIpc) is 3.29. The first kappa shape index (κ1) is 24.5. The number of carbonyl (C=O) groups is 1. The molecule has 10 nitrogen and oxygen atoms in total. The number of nitrogens with one attached hydrogen (secondary N) is 1. The molecule has 0 atom stereocenters. The van der Waals surface area contributed by atoms with Crippen LogP contribution in [0.25, 0.3) is 5.65 Å². The molecule has 1 amide bonds. The third-order valence-electron chi connectivity index (χ3n) is 5.59. The zero-order valence-corrected chi connectivity index (χ0v) is 20.2. The molecule has 2 aromatic carbocycles. The Balaban J connectivity index is 1.37. The van der Waals surface area contributed by atoms with Crippen LogP contribution in [-0.2, 0) is 13.0 Å². The Morgan fingerprint density at radius 3 is 2.61 bits per heavy atom. The van der Waals surface area contributed by atoms with E-state index in [0.29, 0.717) is 22.6 Å². The van der Waals surface area contributed by atoms with Crippen molar-refractivity contribution in [3.05, 3.63) is 93.4 Å². The smallest absolute Gasteiger partial charge is 0.276 e. The van der Waals surface area contributed by atoms with E-state index in [0.717, 1.165) is 16.9 Å². The summed E-state index contributed by atoms with van der Waals surface area (Å²) in [7, 11) is 2.87. The van der Waals surface area contributed by atoms with Crippen molar-refractivity contribution in [2.75, 3.05) is 20.8 Å². The molecule has 2 aromatic heterocycles.